The van der Waals surface area contributed by atoms with E-state index >= 15 is 0 Å². The van der Waals surface area contributed by atoms with E-state index in [0.29, 0.717) is 24.0 Å². The number of rotatable bonds is 5. The first-order valence-corrected chi connectivity index (χ1v) is 7.83. The summed E-state index contributed by atoms with van der Waals surface area (Å²) in [4.78, 5) is 14.3. The van der Waals surface area contributed by atoms with E-state index in [1.165, 1.54) is 0 Å². The van der Waals surface area contributed by atoms with E-state index in [1.54, 1.807) is 7.11 Å². The minimum atomic E-state index is -0.00960. The quantitative estimate of drug-likeness (QED) is 0.903. The highest BCUT2D eigenvalue weighted by Crippen LogP contribution is 2.28. The van der Waals surface area contributed by atoms with Gasteiger partial charge in [-0.2, -0.15) is 0 Å². The fourth-order valence-electron chi connectivity index (χ4n) is 3.03. The van der Waals surface area contributed by atoms with Gasteiger partial charge in [0.15, 0.2) is 18.1 Å². The Morgan fingerprint density at radius 1 is 1.41 bits per heavy atom. The van der Waals surface area contributed by atoms with E-state index < -0.39 is 0 Å². The van der Waals surface area contributed by atoms with Crippen molar-refractivity contribution in [2.45, 2.75) is 32.7 Å². The van der Waals surface area contributed by atoms with Crippen LogP contribution in [0, 0.1) is 12.8 Å². The molecular formula is C17H26N2O3. The number of benzene rings is 1. The third kappa shape index (κ3) is 3.71. The standard InChI is InChI=1S/C17H26N2O3/c1-12-6-7-15(16(9-12)21-3)22-11-17(20)19-8-4-5-13(2)14(19)10-18/h6-7,9,13-14H,4-5,8,10-11,18H2,1-3H3. The first-order chi connectivity index (χ1) is 10.6. The van der Waals surface area contributed by atoms with Crippen molar-refractivity contribution < 1.29 is 14.3 Å². The lowest BCUT2D eigenvalue weighted by Crippen LogP contribution is -2.52. The van der Waals surface area contributed by atoms with Crippen molar-refractivity contribution in [2.75, 3.05) is 26.8 Å². The second-order valence-corrected chi connectivity index (χ2v) is 5.95. The number of amides is 1. The van der Waals surface area contributed by atoms with Crippen LogP contribution in [0.4, 0.5) is 0 Å². The number of hydrogen-bond donors (Lipinski definition) is 1. The second-order valence-electron chi connectivity index (χ2n) is 5.95. The molecule has 0 bridgehead atoms. The average Bonchev–Trinajstić information content (AvgIpc) is 2.52. The van der Waals surface area contributed by atoms with Crippen LogP contribution in [0.1, 0.15) is 25.3 Å². The molecule has 0 spiro atoms. The molecule has 5 heteroatoms. The molecule has 2 rings (SSSR count). The van der Waals surface area contributed by atoms with E-state index in [2.05, 4.69) is 6.92 Å². The third-order valence-corrected chi connectivity index (χ3v) is 4.35. The lowest BCUT2D eigenvalue weighted by atomic mass is 9.91. The van der Waals surface area contributed by atoms with Crippen molar-refractivity contribution >= 4 is 5.91 Å². The predicted molar refractivity (Wildman–Crippen MR) is 86.2 cm³/mol. The number of likely N-dealkylation sites (tertiary alicyclic amines) is 1. The van der Waals surface area contributed by atoms with Crippen molar-refractivity contribution in [3.8, 4) is 11.5 Å². The van der Waals surface area contributed by atoms with E-state index in [9.17, 15) is 4.79 Å². The van der Waals surface area contributed by atoms with Crippen LogP contribution in [0.5, 0.6) is 11.5 Å². The van der Waals surface area contributed by atoms with Crippen molar-refractivity contribution in [3.63, 3.8) is 0 Å². The molecule has 0 aliphatic carbocycles. The Morgan fingerprint density at radius 3 is 2.86 bits per heavy atom. The van der Waals surface area contributed by atoms with Crippen LogP contribution in [0.15, 0.2) is 18.2 Å². The normalized spacial score (nSPS) is 21.5. The van der Waals surface area contributed by atoms with Crippen LogP contribution in [-0.4, -0.2) is 43.7 Å². The molecule has 1 heterocycles. The smallest absolute Gasteiger partial charge is 0.260 e. The highest BCUT2D eigenvalue weighted by Gasteiger charge is 2.30. The van der Waals surface area contributed by atoms with Gasteiger partial charge in [0.05, 0.1) is 7.11 Å². The maximum absolute atomic E-state index is 12.5. The Labute approximate surface area is 132 Å². The third-order valence-electron chi connectivity index (χ3n) is 4.35. The SMILES string of the molecule is COc1cc(C)ccc1OCC(=O)N1CCCC(C)C1CN. The van der Waals surface area contributed by atoms with Crippen LogP contribution >= 0.6 is 0 Å². The van der Waals surface area contributed by atoms with Gasteiger partial charge in [-0.25, -0.2) is 0 Å². The van der Waals surface area contributed by atoms with Crippen LogP contribution in [0.3, 0.4) is 0 Å². The Hall–Kier alpha value is -1.75. The van der Waals surface area contributed by atoms with Gasteiger partial charge in [0.25, 0.3) is 5.91 Å². The van der Waals surface area contributed by atoms with Gasteiger partial charge in [-0.15, -0.1) is 0 Å². The summed E-state index contributed by atoms with van der Waals surface area (Å²) in [6.07, 6.45) is 2.15. The van der Waals surface area contributed by atoms with Gasteiger partial charge in [0, 0.05) is 19.1 Å². The molecule has 0 saturated carbocycles. The molecule has 1 saturated heterocycles. The zero-order valence-corrected chi connectivity index (χ0v) is 13.7. The fourth-order valence-corrected chi connectivity index (χ4v) is 3.03. The van der Waals surface area contributed by atoms with Gasteiger partial charge >= 0.3 is 0 Å². The number of methoxy groups -OCH3 is 1. The summed E-state index contributed by atoms with van der Waals surface area (Å²) < 4.78 is 11.0. The number of nitrogens with zero attached hydrogens (tertiary/aromatic N) is 1. The van der Waals surface area contributed by atoms with Crippen LogP contribution in [0.25, 0.3) is 0 Å². The monoisotopic (exact) mass is 306 g/mol. The first kappa shape index (κ1) is 16.6. The number of ether oxygens (including phenoxy) is 2. The molecule has 22 heavy (non-hydrogen) atoms. The molecule has 0 radical (unpaired) electrons. The van der Waals surface area contributed by atoms with Gasteiger partial charge in [0.1, 0.15) is 0 Å². The average molecular weight is 306 g/mol. The van der Waals surface area contributed by atoms with Crippen molar-refractivity contribution in [1.82, 2.24) is 4.90 Å². The summed E-state index contributed by atoms with van der Waals surface area (Å²) in [5.74, 6) is 1.67. The number of hydrogen-bond acceptors (Lipinski definition) is 4. The highest BCUT2D eigenvalue weighted by molar-refractivity contribution is 5.78. The molecule has 122 valence electrons. The van der Waals surface area contributed by atoms with Gasteiger partial charge in [-0.3, -0.25) is 4.79 Å². The minimum Gasteiger partial charge on any atom is -0.493 e. The molecule has 1 aromatic carbocycles. The topological polar surface area (TPSA) is 64.8 Å². The lowest BCUT2D eigenvalue weighted by molar-refractivity contribution is -0.138. The summed E-state index contributed by atoms with van der Waals surface area (Å²) in [7, 11) is 1.60. The molecular weight excluding hydrogens is 280 g/mol. The number of piperidine rings is 1. The Balaban J connectivity index is 2.00. The summed E-state index contributed by atoms with van der Waals surface area (Å²) >= 11 is 0. The summed E-state index contributed by atoms with van der Waals surface area (Å²) in [6, 6.07) is 5.78. The predicted octanol–water partition coefficient (Wildman–Crippen LogP) is 1.97. The number of aryl methyl sites for hydroxylation is 1. The molecule has 2 unspecified atom stereocenters. The van der Waals surface area contributed by atoms with Crippen molar-refractivity contribution in [3.05, 3.63) is 23.8 Å². The zero-order chi connectivity index (χ0) is 16.1. The van der Waals surface area contributed by atoms with E-state index in [1.807, 2.05) is 30.0 Å². The summed E-state index contributed by atoms with van der Waals surface area (Å²) in [5, 5.41) is 0. The lowest BCUT2D eigenvalue weighted by Gasteiger charge is -2.39. The van der Waals surface area contributed by atoms with E-state index in [0.717, 1.165) is 24.9 Å². The van der Waals surface area contributed by atoms with Crippen LogP contribution < -0.4 is 15.2 Å². The van der Waals surface area contributed by atoms with Crippen LogP contribution in [0.2, 0.25) is 0 Å². The Kier molecular flexibility index (Phi) is 5.66. The van der Waals surface area contributed by atoms with Crippen molar-refractivity contribution in [1.29, 1.82) is 0 Å². The number of carbonyl (C=O) groups is 1. The maximum atomic E-state index is 12.5. The van der Waals surface area contributed by atoms with Gasteiger partial charge in [0.2, 0.25) is 0 Å². The number of carbonyl (C=O) groups excluding carboxylic acids is 1. The molecule has 1 aliphatic rings. The molecule has 1 fully saturated rings. The van der Waals surface area contributed by atoms with Crippen LogP contribution in [-0.2, 0) is 4.79 Å². The second kappa shape index (κ2) is 7.49. The van der Waals surface area contributed by atoms with Gasteiger partial charge < -0.3 is 20.1 Å². The highest BCUT2D eigenvalue weighted by atomic mass is 16.5. The van der Waals surface area contributed by atoms with E-state index in [-0.39, 0.29) is 18.6 Å². The largest absolute Gasteiger partial charge is 0.493 e. The van der Waals surface area contributed by atoms with Crippen molar-refractivity contribution in [2.24, 2.45) is 11.7 Å². The molecule has 1 aliphatic heterocycles. The first-order valence-electron chi connectivity index (χ1n) is 7.83. The summed E-state index contributed by atoms with van der Waals surface area (Å²) in [6.45, 7) is 5.42. The molecule has 2 N–H and O–H groups in total. The zero-order valence-electron chi connectivity index (χ0n) is 13.7. The molecule has 1 aromatic rings. The maximum Gasteiger partial charge on any atom is 0.260 e. The Morgan fingerprint density at radius 2 is 2.18 bits per heavy atom. The minimum absolute atomic E-state index is 0.00960. The van der Waals surface area contributed by atoms with Gasteiger partial charge in [-0.1, -0.05) is 13.0 Å². The molecule has 0 aromatic heterocycles. The van der Waals surface area contributed by atoms with Gasteiger partial charge in [-0.05, 0) is 43.4 Å². The Bertz CT molecular complexity index is 519. The molecule has 5 nitrogen and oxygen atoms in total. The number of nitrogens with two attached hydrogens (primary N) is 1. The fraction of sp³-hybridized carbons (Fsp3) is 0.588. The molecule has 1 amide bonds. The molecule has 2 atom stereocenters. The summed E-state index contributed by atoms with van der Waals surface area (Å²) in [5.41, 5.74) is 6.92. The van der Waals surface area contributed by atoms with E-state index in [4.69, 9.17) is 15.2 Å².